The number of nitrogens with zero attached hydrogens (tertiary/aromatic N) is 7. The molecule has 4 N–H and O–H groups in total. The molecule has 0 unspecified atom stereocenters. The van der Waals surface area contributed by atoms with Crippen LogP contribution < -0.4 is 21.1 Å². The van der Waals surface area contributed by atoms with Gasteiger partial charge in [0.15, 0.2) is 5.84 Å². The zero-order valence-electron chi connectivity index (χ0n) is 18.4. The molecule has 0 aromatic carbocycles. The van der Waals surface area contributed by atoms with Crippen molar-refractivity contribution in [2.45, 2.75) is 26.4 Å². The van der Waals surface area contributed by atoms with E-state index in [-0.39, 0.29) is 18.5 Å². The Morgan fingerprint density at radius 2 is 2.06 bits per heavy atom. The average molecular weight is 440 g/mol. The van der Waals surface area contributed by atoms with E-state index in [0.717, 1.165) is 49.1 Å². The number of aliphatic imine (C=N–C) groups is 2. The molecule has 1 amide bonds. The number of anilines is 1. The fourth-order valence-corrected chi connectivity index (χ4v) is 3.89. The summed E-state index contributed by atoms with van der Waals surface area (Å²) in [5.41, 5.74) is 12.3. The number of piperazine rings is 1. The Balaban J connectivity index is 1.59. The Morgan fingerprint density at radius 1 is 1.28 bits per heavy atom. The molecule has 170 valence electrons. The van der Waals surface area contributed by atoms with Gasteiger partial charge in [-0.05, 0) is 13.8 Å². The minimum atomic E-state index is -0.302. The number of amides is 1. The number of aromatic nitrogens is 3. The topological polar surface area (TPSA) is 140 Å². The fourth-order valence-electron chi connectivity index (χ4n) is 3.89. The molecule has 0 spiro atoms. The Kier molecular flexibility index (Phi) is 6.35. The zero-order valence-corrected chi connectivity index (χ0v) is 18.4. The zero-order chi connectivity index (χ0) is 22.7. The van der Waals surface area contributed by atoms with Gasteiger partial charge in [-0.2, -0.15) is 0 Å². The largest absolute Gasteiger partial charge is 0.491 e. The number of pyridine rings is 1. The van der Waals surface area contributed by atoms with Crippen molar-refractivity contribution in [1.82, 2.24) is 19.4 Å². The molecule has 0 radical (unpaired) electrons. The maximum absolute atomic E-state index is 11.2. The molecule has 4 rings (SSSR count). The number of ether oxygens (including phenoxy) is 1. The highest BCUT2D eigenvalue weighted by Crippen LogP contribution is 2.34. The summed E-state index contributed by atoms with van der Waals surface area (Å²) in [4.78, 5) is 33.6. The van der Waals surface area contributed by atoms with E-state index in [2.05, 4.69) is 24.8 Å². The van der Waals surface area contributed by atoms with Gasteiger partial charge >= 0.3 is 0 Å². The molecule has 4 heterocycles. The molecule has 11 nitrogen and oxygen atoms in total. The number of carbonyl (C=O) groups is 1. The van der Waals surface area contributed by atoms with Crippen LogP contribution in [0, 0.1) is 0 Å². The number of primary amides is 1. The van der Waals surface area contributed by atoms with E-state index in [1.54, 1.807) is 6.20 Å². The van der Waals surface area contributed by atoms with Gasteiger partial charge in [0.25, 0.3) is 0 Å². The minimum Gasteiger partial charge on any atom is -0.491 e. The first-order valence-electron chi connectivity index (χ1n) is 10.7. The number of hydrogen-bond acceptors (Lipinski definition) is 7. The maximum atomic E-state index is 11.2. The Hall–Kier alpha value is -3.47. The van der Waals surface area contributed by atoms with Gasteiger partial charge in [-0.25, -0.2) is 15.0 Å². The Bertz CT molecular complexity index is 1040. The van der Waals surface area contributed by atoms with E-state index in [1.165, 1.54) is 6.34 Å². The molecular formula is C21H29N9O2. The minimum absolute atomic E-state index is 0.0680. The molecule has 1 saturated heterocycles. The lowest BCUT2D eigenvalue weighted by molar-refractivity contribution is -0.119. The molecular weight excluding hydrogens is 410 g/mol. The summed E-state index contributed by atoms with van der Waals surface area (Å²) in [5.74, 6) is 2.56. The van der Waals surface area contributed by atoms with E-state index in [1.807, 2.05) is 30.7 Å². The highest BCUT2D eigenvalue weighted by molar-refractivity contribution is 6.01. The molecule has 2 aromatic rings. The standard InChI is InChI=1S/C21H29N9O2/c1-14(2)26-20(25-13-22)16-11-30-7-8-32-17-9-19(24-10-15(17)21(30)27-16)29-5-3-28(4-6-29)12-18(23)31/h9-11,13-14H,3-8,12H2,1-2H3,(H2,23,31)(H2,22,25,26). The van der Waals surface area contributed by atoms with Crippen LogP contribution in [0.4, 0.5) is 5.82 Å². The van der Waals surface area contributed by atoms with Crippen LogP contribution >= 0.6 is 0 Å². The first-order valence-corrected chi connectivity index (χ1v) is 10.7. The van der Waals surface area contributed by atoms with E-state index >= 15 is 0 Å². The second-order valence-electron chi connectivity index (χ2n) is 8.08. The molecule has 11 heteroatoms. The second-order valence-corrected chi connectivity index (χ2v) is 8.08. The number of hydrogen-bond donors (Lipinski definition) is 2. The second kappa shape index (κ2) is 9.35. The van der Waals surface area contributed by atoms with E-state index in [9.17, 15) is 4.79 Å². The number of imidazole rings is 1. The normalized spacial score (nSPS) is 17.2. The maximum Gasteiger partial charge on any atom is 0.231 e. The predicted molar refractivity (Wildman–Crippen MR) is 123 cm³/mol. The van der Waals surface area contributed by atoms with Crippen LogP contribution in [0.15, 0.2) is 28.4 Å². The van der Waals surface area contributed by atoms with Gasteiger partial charge in [-0.15, -0.1) is 0 Å². The molecule has 32 heavy (non-hydrogen) atoms. The average Bonchev–Trinajstić information content (AvgIpc) is 3.09. The van der Waals surface area contributed by atoms with Crippen LogP contribution in [-0.2, 0) is 11.3 Å². The molecule has 2 aromatic heterocycles. The summed E-state index contributed by atoms with van der Waals surface area (Å²) in [6.45, 7) is 8.47. The third-order valence-corrected chi connectivity index (χ3v) is 5.34. The third-order valence-electron chi connectivity index (χ3n) is 5.34. The summed E-state index contributed by atoms with van der Waals surface area (Å²) >= 11 is 0. The summed E-state index contributed by atoms with van der Waals surface area (Å²) in [6, 6.07) is 2.03. The lowest BCUT2D eigenvalue weighted by Gasteiger charge is -2.34. The number of amidine groups is 1. The van der Waals surface area contributed by atoms with Gasteiger partial charge < -0.3 is 25.7 Å². The first-order chi connectivity index (χ1) is 15.4. The van der Waals surface area contributed by atoms with Crippen LogP contribution in [0.3, 0.4) is 0 Å². The molecule has 2 aliphatic rings. The van der Waals surface area contributed by atoms with Gasteiger partial charge in [-0.3, -0.25) is 14.7 Å². The lowest BCUT2D eigenvalue weighted by Crippen LogP contribution is -2.49. The molecule has 0 saturated carbocycles. The predicted octanol–water partition coefficient (Wildman–Crippen LogP) is 0.0868. The lowest BCUT2D eigenvalue weighted by atomic mass is 10.2. The summed E-state index contributed by atoms with van der Waals surface area (Å²) in [6.07, 6.45) is 4.97. The number of rotatable bonds is 5. The highest BCUT2D eigenvalue weighted by atomic mass is 16.5. The van der Waals surface area contributed by atoms with Crippen molar-refractivity contribution < 1.29 is 9.53 Å². The molecule has 0 bridgehead atoms. The first kappa shape index (κ1) is 21.8. The monoisotopic (exact) mass is 439 g/mol. The van der Waals surface area contributed by atoms with E-state index in [0.29, 0.717) is 24.7 Å². The number of fused-ring (bicyclic) bond motifs is 3. The van der Waals surface area contributed by atoms with Crippen molar-refractivity contribution in [1.29, 1.82) is 0 Å². The van der Waals surface area contributed by atoms with Crippen LogP contribution in [0.2, 0.25) is 0 Å². The smallest absolute Gasteiger partial charge is 0.231 e. The van der Waals surface area contributed by atoms with Crippen LogP contribution in [0.5, 0.6) is 5.75 Å². The van der Waals surface area contributed by atoms with Gasteiger partial charge in [0.05, 0.1) is 25.0 Å². The Morgan fingerprint density at radius 3 is 2.75 bits per heavy atom. The van der Waals surface area contributed by atoms with Crippen LogP contribution in [-0.4, -0.2) is 82.9 Å². The number of nitrogens with two attached hydrogens (primary N) is 2. The molecule has 2 aliphatic heterocycles. The quantitative estimate of drug-likeness (QED) is 0.497. The van der Waals surface area contributed by atoms with Crippen molar-refractivity contribution in [2.24, 2.45) is 21.5 Å². The third kappa shape index (κ3) is 4.72. The molecule has 0 atom stereocenters. The van der Waals surface area contributed by atoms with Crippen LogP contribution in [0.25, 0.3) is 11.4 Å². The van der Waals surface area contributed by atoms with Gasteiger partial charge in [0.2, 0.25) is 5.91 Å². The summed E-state index contributed by atoms with van der Waals surface area (Å²) in [5, 5.41) is 0. The van der Waals surface area contributed by atoms with Gasteiger partial charge in [0.1, 0.15) is 29.7 Å². The highest BCUT2D eigenvalue weighted by Gasteiger charge is 2.24. The Labute approximate surface area is 186 Å². The summed E-state index contributed by atoms with van der Waals surface area (Å²) < 4.78 is 8.06. The summed E-state index contributed by atoms with van der Waals surface area (Å²) in [7, 11) is 0. The van der Waals surface area contributed by atoms with Crippen molar-refractivity contribution >= 4 is 23.9 Å². The van der Waals surface area contributed by atoms with E-state index in [4.69, 9.17) is 21.2 Å². The molecule has 1 fully saturated rings. The fraction of sp³-hybridized carbons (Fsp3) is 0.476. The SMILES string of the molecule is CC(C)N=C(N=CN)c1cn2c(n1)-c1cnc(N3CCN(CC(N)=O)CC3)cc1OCC2. The van der Waals surface area contributed by atoms with Crippen molar-refractivity contribution in [3.8, 4) is 17.1 Å². The van der Waals surface area contributed by atoms with Gasteiger partial charge in [-0.1, -0.05) is 0 Å². The van der Waals surface area contributed by atoms with Gasteiger partial charge in [0, 0.05) is 50.7 Å². The van der Waals surface area contributed by atoms with Crippen molar-refractivity contribution in [2.75, 3.05) is 44.2 Å². The van der Waals surface area contributed by atoms with Crippen LogP contribution in [0.1, 0.15) is 19.5 Å². The number of carbonyl (C=O) groups excluding carboxylic acids is 1. The van der Waals surface area contributed by atoms with Crippen molar-refractivity contribution in [3.05, 3.63) is 24.2 Å². The molecule has 0 aliphatic carbocycles. The van der Waals surface area contributed by atoms with E-state index < -0.39 is 0 Å². The van der Waals surface area contributed by atoms with Crippen molar-refractivity contribution in [3.63, 3.8) is 0 Å².